The average molecular weight is 266 g/mol. The van der Waals surface area contributed by atoms with Gasteiger partial charge < -0.3 is 5.32 Å². The highest BCUT2D eigenvalue weighted by atomic mass is 15.3. The van der Waals surface area contributed by atoms with Crippen LogP contribution in [0.1, 0.15) is 17.0 Å². The molecule has 3 aromatic rings. The Morgan fingerprint density at radius 3 is 3.10 bits per heavy atom. The van der Waals surface area contributed by atoms with E-state index in [0.717, 1.165) is 30.9 Å². The van der Waals surface area contributed by atoms with Crippen molar-refractivity contribution in [3.63, 3.8) is 0 Å². The lowest BCUT2D eigenvalue weighted by molar-refractivity contribution is 0.610. The molecule has 0 unspecified atom stereocenters. The summed E-state index contributed by atoms with van der Waals surface area (Å²) in [6, 6.07) is 5.86. The minimum atomic E-state index is 0.633. The van der Waals surface area contributed by atoms with Gasteiger partial charge in [0.25, 0.3) is 5.78 Å². The van der Waals surface area contributed by atoms with Crippen LogP contribution in [-0.4, -0.2) is 31.1 Å². The second-order valence-corrected chi connectivity index (χ2v) is 4.97. The highest BCUT2D eigenvalue weighted by molar-refractivity contribution is 5.52. The standard InChI is InChI=1S/C14H14N6/c1-9-3-2-4-11(17-9)13-18-14-16-8-10-7-15-6-5-12(10)20(14)19-13/h2-4,8,15H,5-7H2,1H3. The molecule has 100 valence electrons. The lowest BCUT2D eigenvalue weighted by Gasteiger charge is -2.16. The molecule has 0 spiro atoms. The highest BCUT2D eigenvalue weighted by Crippen LogP contribution is 2.17. The van der Waals surface area contributed by atoms with Crippen molar-refractivity contribution >= 4 is 5.78 Å². The summed E-state index contributed by atoms with van der Waals surface area (Å²) >= 11 is 0. The number of pyridine rings is 1. The fourth-order valence-corrected chi connectivity index (χ4v) is 2.53. The predicted octanol–water partition coefficient (Wildman–Crippen LogP) is 1.14. The van der Waals surface area contributed by atoms with E-state index in [-0.39, 0.29) is 0 Å². The smallest absolute Gasteiger partial charge is 0.253 e. The number of aryl methyl sites for hydroxylation is 1. The molecule has 0 saturated heterocycles. The topological polar surface area (TPSA) is 68.0 Å². The molecule has 0 aromatic carbocycles. The summed E-state index contributed by atoms with van der Waals surface area (Å²) < 4.78 is 1.86. The predicted molar refractivity (Wildman–Crippen MR) is 74.2 cm³/mol. The van der Waals surface area contributed by atoms with Crippen LogP contribution in [0.4, 0.5) is 0 Å². The first-order valence-electron chi connectivity index (χ1n) is 6.69. The third-order valence-electron chi connectivity index (χ3n) is 3.52. The Bertz CT molecular complexity index is 791. The van der Waals surface area contributed by atoms with E-state index in [2.05, 4.69) is 25.4 Å². The molecule has 1 aliphatic heterocycles. The van der Waals surface area contributed by atoms with Crippen LogP contribution in [0, 0.1) is 6.92 Å². The zero-order valence-corrected chi connectivity index (χ0v) is 11.2. The molecule has 0 bridgehead atoms. The summed E-state index contributed by atoms with van der Waals surface area (Å²) in [6.07, 6.45) is 2.83. The fraction of sp³-hybridized carbons (Fsp3) is 0.286. The van der Waals surface area contributed by atoms with Crippen LogP contribution in [0.15, 0.2) is 24.4 Å². The molecular formula is C14H14N6. The summed E-state index contributed by atoms with van der Waals surface area (Å²) in [5, 5.41) is 7.93. The first-order valence-corrected chi connectivity index (χ1v) is 6.69. The molecule has 0 aliphatic carbocycles. The van der Waals surface area contributed by atoms with E-state index >= 15 is 0 Å². The molecule has 20 heavy (non-hydrogen) atoms. The van der Waals surface area contributed by atoms with Gasteiger partial charge in [-0.25, -0.2) is 14.5 Å². The Kier molecular flexibility index (Phi) is 2.50. The van der Waals surface area contributed by atoms with E-state index in [0.29, 0.717) is 11.6 Å². The molecule has 4 rings (SSSR count). The van der Waals surface area contributed by atoms with Crippen molar-refractivity contribution in [1.29, 1.82) is 0 Å². The molecule has 6 heteroatoms. The van der Waals surface area contributed by atoms with Gasteiger partial charge in [-0.2, -0.15) is 4.98 Å². The van der Waals surface area contributed by atoms with Crippen LogP contribution in [0.2, 0.25) is 0 Å². The summed E-state index contributed by atoms with van der Waals surface area (Å²) in [4.78, 5) is 13.3. The van der Waals surface area contributed by atoms with E-state index in [1.54, 1.807) is 0 Å². The molecule has 1 aliphatic rings. The maximum absolute atomic E-state index is 4.59. The number of hydrogen-bond donors (Lipinski definition) is 1. The van der Waals surface area contributed by atoms with Crippen molar-refractivity contribution in [1.82, 2.24) is 29.9 Å². The van der Waals surface area contributed by atoms with Crippen molar-refractivity contribution in [3.05, 3.63) is 41.3 Å². The van der Waals surface area contributed by atoms with E-state index in [9.17, 15) is 0 Å². The number of nitrogens with zero attached hydrogens (tertiary/aromatic N) is 5. The summed E-state index contributed by atoms with van der Waals surface area (Å²) in [5.74, 6) is 1.28. The van der Waals surface area contributed by atoms with Gasteiger partial charge in [-0.3, -0.25) is 0 Å². The Labute approximate surface area is 115 Å². The van der Waals surface area contributed by atoms with Crippen molar-refractivity contribution in [2.45, 2.75) is 19.9 Å². The van der Waals surface area contributed by atoms with Gasteiger partial charge in [0.1, 0.15) is 5.69 Å². The molecule has 0 amide bonds. The van der Waals surface area contributed by atoms with Crippen molar-refractivity contribution in [2.75, 3.05) is 6.54 Å². The molecule has 0 saturated carbocycles. The number of nitrogens with one attached hydrogen (secondary N) is 1. The number of aromatic nitrogens is 5. The van der Waals surface area contributed by atoms with E-state index in [4.69, 9.17) is 0 Å². The third kappa shape index (κ3) is 1.77. The molecule has 0 radical (unpaired) electrons. The largest absolute Gasteiger partial charge is 0.312 e. The van der Waals surface area contributed by atoms with E-state index in [1.165, 1.54) is 11.3 Å². The Hall–Kier alpha value is -2.34. The lowest BCUT2D eigenvalue weighted by atomic mass is 10.1. The fourth-order valence-electron chi connectivity index (χ4n) is 2.53. The van der Waals surface area contributed by atoms with Crippen LogP contribution in [0.5, 0.6) is 0 Å². The van der Waals surface area contributed by atoms with E-state index < -0.39 is 0 Å². The molecule has 1 N–H and O–H groups in total. The normalized spacial score (nSPS) is 14.4. The van der Waals surface area contributed by atoms with Crippen molar-refractivity contribution < 1.29 is 0 Å². The Balaban J connectivity index is 1.91. The molecule has 6 nitrogen and oxygen atoms in total. The lowest BCUT2D eigenvalue weighted by Crippen LogP contribution is -2.26. The van der Waals surface area contributed by atoms with Gasteiger partial charge in [0.2, 0.25) is 5.82 Å². The second-order valence-electron chi connectivity index (χ2n) is 4.97. The highest BCUT2D eigenvalue weighted by Gasteiger charge is 2.16. The quantitative estimate of drug-likeness (QED) is 0.715. The monoisotopic (exact) mass is 266 g/mol. The minimum Gasteiger partial charge on any atom is -0.312 e. The number of hydrogen-bond acceptors (Lipinski definition) is 5. The average Bonchev–Trinajstić information content (AvgIpc) is 2.92. The van der Waals surface area contributed by atoms with Gasteiger partial charge in [-0.1, -0.05) is 6.07 Å². The Morgan fingerprint density at radius 1 is 1.25 bits per heavy atom. The second kappa shape index (κ2) is 4.35. The maximum Gasteiger partial charge on any atom is 0.253 e. The van der Waals surface area contributed by atoms with Gasteiger partial charge in [0, 0.05) is 37.0 Å². The van der Waals surface area contributed by atoms with Crippen LogP contribution >= 0.6 is 0 Å². The van der Waals surface area contributed by atoms with Crippen LogP contribution in [-0.2, 0) is 13.0 Å². The van der Waals surface area contributed by atoms with Gasteiger partial charge in [-0.15, -0.1) is 5.10 Å². The first-order chi connectivity index (χ1) is 9.81. The molecular weight excluding hydrogens is 252 g/mol. The van der Waals surface area contributed by atoms with Gasteiger partial charge >= 0.3 is 0 Å². The zero-order valence-electron chi connectivity index (χ0n) is 11.2. The van der Waals surface area contributed by atoms with Crippen LogP contribution in [0.25, 0.3) is 17.3 Å². The number of fused-ring (bicyclic) bond motifs is 3. The zero-order chi connectivity index (χ0) is 13.5. The Morgan fingerprint density at radius 2 is 2.20 bits per heavy atom. The van der Waals surface area contributed by atoms with Gasteiger partial charge in [0.15, 0.2) is 0 Å². The summed E-state index contributed by atoms with van der Waals surface area (Å²) in [7, 11) is 0. The van der Waals surface area contributed by atoms with Gasteiger partial charge in [-0.05, 0) is 19.1 Å². The maximum atomic E-state index is 4.59. The van der Waals surface area contributed by atoms with Crippen LogP contribution in [0.3, 0.4) is 0 Å². The molecule has 0 fully saturated rings. The SMILES string of the molecule is Cc1cccc(-c2nc3ncc4c(n3n2)CCNC4)n1. The third-order valence-corrected chi connectivity index (χ3v) is 3.52. The molecule has 3 aromatic heterocycles. The summed E-state index contributed by atoms with van der Waals surface area (Å²) in [6.45, 7) is 3.77. The van der Waals surface area contributed by atoms with Crippen molar-refractivity contribution in [2.24, 2.45) is 0 Å². The van der Waals surface area contributed by atoms with Crippen LogP contribution < -0.4 is 5.32 Å². The number of rotatable bonds is 1. The van der Waals surface area contributed by atoms with E-state index in [1.807, 2.05) is 35.8 Å². The minimum absolute atomic E-state index is 0.633. The molecule has 0 atom stereocenters. The first kappa shape index (κ1) is 11.5. The molecule has 4 heterocycles. The van der Waals surface area contributed by atoms with Gasteiger partial charge in [0.05, 0.1) is 5.69 Å². The van der Waals surface area contributed by atoms with Crippen molar-refractivity contribution in [3.8, 4) is 11.5 Å². The summed E-state index contributed by atoms with van der Waals surface area (Å²) in [5.41, 5.74) is 4.14.